The smallest absolute Gasteiger partial charge is 0.119 e. The molecule has 0 aliphatic carbocycles. The van der Waals surface area contributed by atoms with Gasteiger partial charge in [-0.3, -0.25) is 0 Å². The van der Waals surface area contributed by atoms with Crippen LogP contribution >= 0.6 is 27.3 Å². The first-order valence-corrected chi connectivity index (χ1v) is 7.42. The second-order valence-corrected chi connectivity index (χ2v) is 6.16. The molecule has 1 heterocycles. The Kier molecular flexibility index (Phi) is 4.43. The van der Waals surface area contributed by atoms with Gasteiger partial charge in [-0.15, -0.1) is 11.3 Å². The Hall–Kier alpha value is -0.840. The molecular weight excluding hydrogens is 312 g/mol. The molecule has 1 atom stereocenters. The van der Waals surface area contributed by atoms with Crippen LogP contribution in [-0.4, -0.2) is 11.2 Å². The van der Waals surface area contributed by atoms with Crippen molar-refractivity contribution in [2.45, 2.75) is 26.1 Å². The number of halogens is 1. The number of aliphatic hydroxyl groups is 1. The summed E-state index contributed by atoms with van der Waals surface area (Å²) in [5.74, 6) is 0.827. The van der Waals surface area contributed by atoms with Crippen molar-refractivity contribution in [2.24, 2.45) is 0 Å². The van der Waals surface area contributed by atoms with Gasteiger partial charge >= 0.3 is 0 Å². The lowest BCUT2D eigenvalue weighted by Gasteiger charge is -2.12. The van der Waals surface area contributed by atoms with Crippen molar-refractivity contribution in [3.63, 3.8) is 0 Å². The first kappa shape index (κ1) is 13.6. The molecule has 2 nitrogen and oxygen atoms in total. The predicted octanol–water partition coefficient (Wildman–Crippen LogP) is 4.38. The molecule has 18 heavy (non-hydrogen) atoms. The lowest BCUT2D eigenvalue weighted by Crippen LogP contribution is -2.05. The minimum absolute atomic E-state index is 0.161. The van der Waals surface area contributed by atoms with E-state index in [1.54, 1.807) is 0 Å². The minimum atomic E-state index is -0.575. The van der Waals surface area contributed by atoms with Crippen LogP contribution in [0.25, 0.3) is 0 Å². The molecule has 0 bridgehead atoms. The molecule has 0 aliphatic heterocycles. The van der Waals surface area contributed by atoms with Gasteiger partial charge in [0.2, 0.25) is 0 Å². The van der Waals surface area contributed by atoms with Crippen molar-refractivity contribution in [3.8, 4) is 5.75 Å². The molecule has 1 aromatic carbocycles. The van der Waals surface area contributed by atoms with Gasteiger partial charge < -0.3 is 9.84 Å². The molecule has 1 unspecified atom stereocenters. The van der Waals surface area contributed by atoms with Crippen LogP contribution in [-0.2, 0) is 0 Å². The van der Waals surface area contributed by atoms with Crippen LogP contribution in [0.4, 0.5) is 0 Å². The summed E-state index contributed by atoms with van der Waals surface area (Å²) in [5, 5.41) is 12.2. The van der Waals surface area contributed by atoms with Gasteiger partial charge in [-0.05, 0) is 53.5 Å². The third-order valence-electron chi connectivity index (χ3n) is 2.42. The normalized spacial score (nSPS) is 12.7. The van der Waals surface area contributed by atoms with Gasteiger partial charge in [0.15, 0.2) is 0 Å². The summed E-state index contributed by atoms with van der Waals surface area (Å²) >= 11 is 4.93. The highest BCUT2D eigenvalue weighted by Gasteiger charge is 2.12. The van der Waals surface area contributed by atoms with Gasteiger partial charge in [0.05, 0.1) is 6.10 Å². The molecule has 1 aromatic heterocycles. The summed E-state index contributed by atoms with van der Waals surface area (Å²) in [6, 6.07) is 9.52. The molecule has 0 aliphatic rings. The largest absolute Gasteiger partial charge is 0.491 e. The summed E-state index contributed by atoms with van der Waals surface area (Å²) in [6.07, 6.45) is -0.413. The molecule has 0 saturated heterocycles. The number of hydrogen-bond acceptors (Lipinski definition) is 3. The third kappa shape index (κ3) is 3.34. The van der Waals surface area contributed by atoms with E-state index >= 15 is 0 Å². The number of benzene rings is 1. The minimum Gasteiger partial charge on any atom is -0.491 e. The maximum Gasteiger partial charge on any atom is 0.119 e. The highest BCUT2D eigenvalue weighted by molar-refractivity contribution is 9.10. The Labute approximate surface area is 119 Å². The van der Waals surface area contributed by atoms with E-state index in [9.17, 15) is 5.11 Å². The van der Waals surface area contributed by atoms with E-state index in [0.717, 1.165) is 20.7 Å². The monoisotopic (exact) mass is 326 g/mol. The SMILES string of the molecule is CC(C)Oc1ccc(C(O)c2cc(Br)cs2)cc1. The second kappa shape index (κ2) is 5.87. The average Bonchev–Trinajstić information content (AvgIpc) is 2.75. The number of aliphatic hydroxyl groups excluding tert-OH is 1. The van der Waals surface area contributed by atoms with Gasteiger partial charge in [-0.1, -0.05) is 12.1 Å². The predicted molar refractivity (Wildman–Crippen MR) is 78.3 cm³/mol. The Morgan fingerprint density at radius 1 is 1.22 bits per heavy atom. The van der Waals surface area contributed by atoms with Crippen LogP contribution in [0.5, 0.6) is 5.75 Å². The zero-order valence-corrected chi connectivity index (χ0v) is 12.7. The number of ether oxygens (including phenoxy) is 1. The van der Waals surface area contributed by atoms with Gasteiger partial charge in [-0.2, -0.15) is 0 Å². The Balaban J connectivity index is 2.14. The molecule has 0 saturated carbocycles. The van der Waals surface area contributed by atoms with Crippen molar-refractivity contribution < 1.29 is 9.84 Å². The summed E-state index contributed by atoms with van der Waals surface area (Å²) < 4.78 is 6.57. The molecular formula is C14H15BrO2S. The zero-order valence-electron chi connectivity index (χ0n) is 10.3. The van der Waals surface area contributed by atoms with Crippen LogP contribution < -0.4 is 4.74 Å². The van der Waals surface area contributed by atoms with Crippen LogP contribution in [0.1, 0.15) is 30.4 Å². The molecule has 96 valence electrons. The van der Waals surface area contributed by atoms with Gasteiger partial charge in [0.25, 0.3) is 0 Å². The van der Waals surface area contributed by atoms with E-state index in [4.69, 9.17) is 4.74 Å². The van der Waals surface area contributed by atoms with Crippen molar-refractivity contribution in [1.29, 1.82) is 0 Å². The van der Waals surface area contributed by atoms with E-state index in [1.165, 1.54) is 11.3 Å². The number of hydrogen-bond donors (Lipinski definition) is 1. The maximum absolute atomic E-state index is 10.2. The van der Waals surface area contributed by atoms with Crippen LogP contribution in [0.15, 0.2) is 40.2 Å². The summed E-state index contributed by atoms with van der Waals surface area (Å²) in [4.78, 5) is 0.930. The Bertz CT molecular complexity index is 505. The molecule has 4 heteroatoms. The molecule has 1 N–H and O–H groups in total. The first-order valence-electron chi connectivity index (χ1n) is 5.75. The maximum atomic E-state index is 10.2. The fourth-order valence-electron chi connectivity index (χ4n) is 1.64. The van der Waals surface area contributed by atoms with Crippen molar-refractivity contribution in [2.75, 3.05) is 0 Å². The Morgan fingerprint density at radius 3 is 2.39 bits per heavy atom. The number of thiophene rings is 1. The molecule has 0 fully saturated rings. The van der Waals surface area contributed by atoms with Crippen molar-refractivity contribution >= 4 is 27.3 Å². The quantitative estimate of drug-likeness (QED) is 0.903. The van der Waals surface area contributed by atoms with Crippen molar-refractivity contribution in [1.82, 2.24) is 0 Å². The summed E-state index contributed by atoms with van der Waals surface area (Å²) in [7, 11) is 0. The zero-order chi connectivity index (χ0) is 13.1. The summed E-state index contributed by atoms with van der Waals surface area (Å²) in [5.41, 5.74) is 0.875. The van der Waals surface area contributed by atoms with Gasteiger partial charge in [-0.25, -0.2) is 0 Å². The van der Waals surface area contributed by atoms with Crippen LogP contribution in [0.3, 0.4) is 0 Å². The van der Waals surface area contributed by atoms with Crippen LogP contribution in [0, 0.1) is 0 Å². The standard InChI is InChI=1S/C14H15BrO2S/c1-9(2)17-12-5-3-10(4-6-12)14(16)13-7-11(15)8-18-13/h3-9,14,16H,1-2H3. The van der Waals surface area contributed by atoms with Crippen molar-refractivity contribution in [3.05, 3.63) is 50.6 Å². The molecule has 2 rings (SSSR count). The van der Waals surface area contributed by atoms with E-state index in [0.29, 0.717) is 0 Å². The van der Waals surface area contributed by atoms with E-state index in [2.05, 4.69) is 15.9 Å². The third-order valence-corrected chi connectivity index (χ3v) is 4.17. The lowest BCUT2D eigenvalue weighted by molar-refractivity contribution is 0.223. The molecule has 0 spiro atoms. The first-order chi connectivity index (χ1) is 8.56. The van der Waals surface area contributed by atoms with E-state index in [1.807, 2.05) is 49.6 Å². The summed E-state index contributed by atoms with van der Waals surface area (Å²) in [6.45, 7) is 3.98. The average molecular weight is 327 g/mol. The molecule has 0 amide bonds. The Morgan fingerprint density at radius 2 is 1.89 bits per heavy atom. The van der Waals surface area contributed by atoms with E-state index in [-0.39, 0.29) is 6.10 Å². The number of rotatable bonds is 4. The lowest BCUT2D eigenvalue weighted by atomic mass is 10.1. The molecule has 0 radical (unpaired) electrons. The second-order valence-electron chi connectivity index (χ2n) is 4.31. The van der Waals surface area contributed by atoms with Gasteiger partial charge in [0, 0.05) is 14.7 Å². The fourth-order valence-corrected chi connectivity index (χ4v) is 3.09. The fraction of sp³-hybridized carbons (Fsp3) is 0.286. The highest BCUT2D eigenvalue weighted by Crippen LogP contribution is 2.30. The van der Waals surface area contributed by atoms with E-state index < -0.39 is 6.10 Å². The topological polar surface area (TPSA) is 29.5 Å². The van der Waals surface area contributed by atoms with Gasteiger partial charge in [0.1, 0.15) is 11.9 Å². The van der Waals surface area contributed by atoms with Crippen LogP contribution in [0.2, 0.25) is 0 Å². The highest BCUT2D eigenvalue weighted by atomic mass is 79.9. The molecule has 2 aromatic rings.